The van der Waals surface area contributed by atoms with E-state index in [1.807, 2.05) is 48.5 Å². The summed E-state index contributed by atoms with van der Waals surface area (Å²) in [6.07, 6.45) is 1.36. The van der Waals surface area contributed by atoms with Crippen LogP contribution in [0.1, 0.15) is 45.2 Å². The summed E-state index contributed by atoms with van der Waals surface area (Å²) < 4.78 is 0. The number of ketones is 1. The first-order chi connectivity index (χ1) is 13.3. The third-order valence-electron chi connectivity index (χ3n) is 5.29. The zero-order chi connectivity index (χ0) is 19.9. The molecular formula is C23H25N3O2. The van der Waals surface area contributed by atoms with Gasteiger partial charge in [0.05, 0.1) is 17.4 Å². The van der Waals surface area contributed by atoms with E-state index in [1.54, 1.807) is 0 Å². The topological polar surface area (TPSA) is 70.2 Å². The number of carbonyl (C=O) groups is 2. The van der Waals surface area contributed by atoms with Gasteiger partial charge >= 0.3 is 0 Å². The first kappa shape index (κ1) is 18.3. The summed E-state index contributed by atoms with van der Waals surface area (Å²) in [5.74, 6) is 0.0724. The lowest BCUT2D eigenvalue weighted by molar-refractivity contribution is -0.118. The number of benzene rings is 2. The first-order valence-corrected chi connectivity index (χ1v) is 9.59. The summed E-state index contributed by atoms with van der Waals surface area (Å²) in [4.78, 5) is 24.4. The molecule has 4 rings (SSSR count). The molecule has 2 aromatic carbocycles. The van der Waals surface area contributed by atoms with Crippen LogP contribution in [0, 0.1) is 5.41 Å². The molecule has 0 bridgehead atoms. The van der Waals surface area contributed by atoms with E-state index in [9.17, 15) is 9.59 Å². The lowest BCUT2D eigenvalue weighted by Crippen LogP contribution is -2.31. The molecule has 1 atom stereocenters. The molecule has 1 amide bonds. The number of amides is 1. The van der Waals surface area contributed by atoms with Gasteiger partial charge in [0.25, 0.3) is 0 Å². The lowest BCUT2D eigenvalue weighted by Gasteiger charge is -2.34. The van der Waals surface area contributed by atoms with Crippen LogP contribution in [-0.2, 0) is 9.59 Å². The molecule has 0 fully saturated rings. The highest BCUT2D eigenvalue weighted by atomic mass is 16.1. The number of hydrogen-bond acceptors (Lipinski definition) is 4. The third kappa shape index (κ3) is 3.52. The van der Waals surface area contributed by atoms with E-state index in [0.29, 0.717) is 6.42 Å². The monoisotopic (exact) mass is 375 g/mol. The number of allylic oxidation sites excluding steroid dienone is 1. The molecule has 1 unspecified atom stereocenters. The predicted molar refractivity (Wildman–Crippen MR) is 112 cm³/mol. The summed E-state index contributed by atoms with van der Waals surface area (Å²) in [5, 5.41) is 9.88. The highest BCUT2D eigenvalue weighted by molar-refractivity contribution is 6.01. The fraction of sp³-hybridized carbons (Fsp3) is 0.304. The van der Waals surface area contributed by atoms with Gasteiger partial charge in [-0.05, 0) is 41.7 Å². The maximum Gasteiger partial charge on any atom is 0.221 e. The summed E-state index contributed by atoms with van der Waals surface area (Å²) in [6.45, 7) is 5.76. The Labute approximate surface area is 165 Å². The third-order valence-corrected chi connectivity index (χ3v) is 5.29. The van der Waals surface area contributed by atoms with E-state index in [0.717, 1.165) is 40.3 Å². The highest BCUT2D eigenvalue weighted by Crippen LogP contribution is 2.45. The Morgan fingerprint density at radius 3 is 2.39 bits per heavy atom. The molecule has 2 aromatic rings. The maximum absolute atomic E-state index is 13.1. The summed E-state index contributed by atoms with van der Waals surface area (Å²) >= 11 is 0. The van der Waals surface area contributed by atoms with Crippen molar-refractivity contribution < 1.29 is 9.59 Å². The zero-order valence-electron chi connectivity index (χ0n) is 16.4. The normalized spacial score (nSPS) is 20.2. The van der Waals surface area contributed by atoms with Gasteiger partial charge in [-0.3, -0.25) is 9.59 Å². The van der Waals surface area contributed by atoms with Crippen molar-refractivity contribution in [1.29, 1.82) is 0 Å². The minimum absolute atomic E-state index is 0.0674. The van der Waals surface area contributed by atoms with Gasteiger partial charge in [0.15, 0.2) is 5.78 Å². The van der Waals surface area contributed by atoms with Crippen molar-refractivity contribution >= 4 is 28.8 Å². The molecule has 2 aliphatic rings. The molecule has 0 saturated heterocycles. The summed E-state index contributed by atoms with van der Waals surface area (Å²) in [7, 11) is 0. The first-order valence-electron chi connectivity index (χ1n) is 9.59. The van der Waals surface area contributed by atoms with Gasteiger partial charge in [0.2, 0.25) is 5.91 Å². The lowest BCUT2D eigenvalue weighted by atomic mass is 9.73. The van der Waals surface area contributed by atoms with Gasteiger partial charge in [-0.25, -0.2) is 0 Å². The van der Waals surface area contributed by atoms with Crippen molar-refractivity contribution in [3.8, 4) is 0 Å². The second-order valence-corrected chi connectivity index (χ2v) is 8.38. The Morgan fingerprint density at radius 1 is 1.04 bits per heavy atom. The smallest absolute Gasteiger partial charge is 0.221 e. The molecule has 5 heteroatoms. The van der Waals surface area contributed by atoms with Crippen LogP contribution in [-0.4, -0.2) is 11.7 Å². The molecule has 5 nitrogen and oxygen atoms in total. The maximum atomic E-state index is 13.1. The summed E-state index contributed by atoms with van der Waals surface area (Å²) in [5.41, 5.74) is 5.43. The quantitative estimate of drug-likeness (QED) is 0.701. The van der Waals surface area contributed by atoms with Crippen LogP contribution in [0.15, 0.2) is 59.8 Å². The van der Waals surface area contributed by atoms with Gasteiger partial charge in [-0.15, -0.1) is 0 Å². The van der Waals surface area contributed by atoms with E-state index in [1.165, 1.54) is 6.92 Å². The Hall–Kier alpha value is -3.08. The number of carbonyl (C=O) groups excluding carboxylic acids is 2. The highest BCUT2D eigenvalue weighted by Gasteiger charge is 2.38. The van der Waals surface area contributed by atoms with E-state index in [-0.39, 0.29) is 23.1 Å². The number of Topliss-reactive ketones (excluding diaryl/α,β-unsaturated/α-hetero) is 1. The van der Waals surface area contributed by atoms with Crippen LogP contribution in [0.3, 0.4) is 0 Å². The fourth-order valence-corrected chi connectivity index (χ4v) is 4.10. The Kier molecular flexibility index (Phi) is 4.46. The molecule has 1 heterocycles. The van der Waals surface area contributed by atoms with Crippen LogP contribution < -0.4 is 16.0 Å². The summed E-state index contributed by atoms with van der Waals surface area (Å²) in [6, 6.07) is 15.5. The van der Waals surface area contributed by atoms with Gasteiger partial charge in [-0.2, -0.15) is 0 Å². The Morgan fingerprint density at radius 2 is 1.71 bits per heavy atom. The van der Waals surface area contributed by atoms with E-state index < -0.39 is 0 Å². The van der Waals surface area contributed by atoms with Crippen molar-refractivity contribution in [2.45, 2.75) is 39.7 Å². The number of anilines is 3. The minimum Gasteiger partial charge on any atom is -0.372 e. The SMILES string of the molecule is CC(=O)Nc1ccc(C2Nc3ccccc3NC3=C2C(=O)CC(C)(C)C3)cc1. The van der Waals surface area contributed by atoms with Crippen molar-refractivity contribution in [3.63, 3.8) is 0 Å². The standard InChI is InChI=1S/C23H25N3O2/c1-14(27)24-16-10-8-15(9-11-16)22-21-19(12-23(2,3)13-20(21)28)25-17-6-4-5-7-18(17)26-22/h4-11,22,25-26H,12-13H2,1-3H3,(H,24,27). The Bertz CT molecular complexity index is 974. The molecule has 0 saturated carbocycles. The van der Waals surface area contributed by atoms with Crippen LogP contribution >= 0.6 is 0 Å². The second-order valence-electron chi connectivity index (χ2n) is 8.38. The number of nitrogens with one attached hydrogen (secondary N) is 3. The van der Waals surface area contributed by atoms with Gasteiger partial charge < -0.3 is 16.0 Å². The van der Waals surface area contributed by atoms with Crippen molar-refractivity contribution in [3.05, 3.63) is 65.4 Å². The number of hydrogen-bond donors (Lipinski definition) is 3. The van der Waals surface area contributed by atoms with Gasteiger partial charge in [-0.1, -0.05) is 38.1 Å². The fourth-order valence-electron chi connectivity index (χ4n) is 4.10. The Balaban J connectivity index is 1.79. The molecule has 1 aliphatic heterocycles. The molecule has 144 valence electrons. The zero-order valence-corrected chi connectivity index (χ0v) is 16.4. The minimum atomic E-state index is -0.235. The second kappa shape index (κ2) is 6.82. The van der Waals surface area contributed by atoms with Crippen LogP contribution in [0.4, 0.5) is 17.1 Å². The van der Waals surface area contributed by atoms with E-state index >= 15 is 0 Å². The number of para-hydroxylation sites is 2. The number of fused-ring (bicyclic) bond motifs is 1. The molecule has 1 aliphatic carbocycles. The van der Waals surface area contributed by atoms with E-state index in [4.69, 9.17) is 0 Å². The number of rotatable bonds is 2. The molecule has 0 aromatic heterocycles. The van der Waals surface area contributed by atoms with Gasteiger partial charge in [0.1, 0.15) is 0 Å². The molecule has 0 radical (unpaired) electrons. The largest absolute Gasteiger partial charge is 0.372 e. The molecule has 0 spiro atoms. The van der Waals surface area contributed by atoms with Crippen LogP contribution in [0.25, 0.3) is 0 Å². The van der Waals surface area contributed by atoms with Crippen molar-refractivity contribution in [2.75, 3.05) is 16.0 Å². The van der Waals surface area contributed by atoms with Crippen LogP contribution in [0.2, 0.25) is 0 Å². The van der Waals surface area contributed by atoms with Crippen molar-refractivity contribution in [1.82, 2.24) is 0 Å². The van der Waals surface area contributed by atoms with Crippen molar-refractivity contribution in [2.24, 2.45) is 5.41 Å². The van der Waals surface area contributed by atoms with E-state index in [2.05, 4.69) is 29.8 Å². The average Bonchev–Trinajstić information content (AvgIpc) is 2.77. The van der Waals surface area contributed by atoms with Crippen LogP contribution in [0.5, 0.6) is 0 Å². The average molecular weight is 375 g/mol. The molecule has 28 heavy (non-hydrogen) atoms. The molecule has 3 N–H and O–H groups in total. The van der Waals surface area contributed by atoms with Gasteiger partial charge in [0, 0.05) is 30.3 Å². The molecular weight excluding hydrogens is 350 g/mol. The predicted octanol–water partition coefficient (Wildman–Crippen LogP) is 4.87.